The molecule has 3 heterocycles. The Balaban J connectivity index is 1.77. The zero-order valence-corrected chi connectivity index (χ0v) is 9.87. The van der Waals surface area contributed by atoms with E-state index in [0.29, 0.717) is 26.1 Å². The molecule has 1 aromatic rings. The van der Waals surface area contributed by atoms with Gasteiger partial charge in [0, 0.05) is 19.5 Å². The van der Waals surface area contributed by atoms with Crippen LogP contribution in [0.25, 0.3) is 0 Å². The summed E-state index contributed by atoms with van der Waals surface area (Å²) >= 11 is 0. The number of hydrogen-bond donors (Lipinski definition) is 0. The van der Waals surface area contributed by atoms with Crippen LogP contribution < -0.4 is 0 Å². The zero-order valence-electron chi connectivity index (χ0n) is 9.87. The number of aromatic nitrogens is 3. The molecule has 0 spiro atoms. The van der Waals surface area contributed by atoms with Gasteiger partial charge >= 0.3 is 0 Å². The van der Waals surface area contributed by atoms with E-state index < -0.39 is 0 Å². The van der Waals surface area contributed by atoms with Crippen molar-refractivity contribution in [2.75, 3.05) is 13.1 Å². The highest BCUT2D eigenvalue weighted by molar-refractivity contribution is 5.76. The lowest BCUT2D eigenvalue weighted by Crippen LogP contribution is -2.32. The van der Waals surface area contributed by atoms with Crippen molar-refractivity contribution in [2.24, 2.45) is 0 Å². The van der Waals surface area contributed by atoms with E-state index in [1.807, 2.05) is 16.5 Å². The minimum Gasteiger partial charge on any atom is -0.368 e. The van der Waals surface area contributed by atoms with Crippen molar-refractivity contribution >= 4 is 5.91 Å². The quantitative estimate of drug-likeness (QED) is 0.744. The molecule has 2 aliphatic heterocycles. The largest absolute Gasteiger partial charge is 0.368 e. The summed E-state index contributed by atoms with van der Waals surface area (Å²) in [5.41, 5.74) is 0.996. The number of fused-ring (bicyclic) bond motifs is 3. The van der Waals surface area contributed by atoms with Crippen LogP contribution in [0.15, 0.2) is 6.20 Å². The maximum absolute atomic E-state index is 11.9. The summed E-state index contributed by atoms with van der Waals surface area (Å²) in [6.07, 6.45) is 3.31. The van der Waals surface area contributed by atoms with Gasteiger partial charge in [0.15, 0.2) is 0 Å². The van der Waals surface area contributed by atoms with E-state index in [9.17, 15) is 4.79 Å². The lowest BCUT2D eigenvalue weighted by Gasteiger charge is -2.25. The van der Waals surface area contributed by atoms with E-state index in [1.165, 1.54) is 0 Å². The molecule has 1 unspecified atom stereocenters. The van der Waals surface area contributed by atoms with Gasteiger partial charge < -0.3 is 9.64 Å². The van der Waals surface area contributed by atoms with Crippen molar-refractivity contribution in [1.82, 2.24) is 19.9 Å². The summed E-state index contributed by atoms with van der Waals surface area (Å²) in [6.45, 7) is 3.94. The summed E-state index contributed by atoms with van der Waals surface area (Å²) in [4.78, 5) is 13.7. The van der Waals surface area contributed by atoms with Crippen LogP contribution in [0.1, 0.15) is 31.5 Å². The first-order chi connectivity index (χ1) is 8.29. The van der Waals surface area contributed by atoms with Crippen molar-refractivity contribution in [3.05, 3.63) is 11.9 Å². The molecule has 0 aliphatic carbocycles. The molecule has 1 amide bonds. The van der Waals surface area contributed by atoms with Gasteiger partial charge in [0.25, 0.3) is 0 Å². The van der Waals surface area contributed by atoms with Gasteiger partial charge in [-0.2, -0.15) is 0 Å². The fourth-order valence-corrected chi connectivity index (χ4v) is 2.57. The van der Waals surface area contributed by atoms with Gasteiger partial charge in [-0.15, -0.1) is 5.10 Å². The predicted octanol–water partition coefficient (Wildman–Crippen LogP) is 0.360. The third kappa shape index (κ3) is 1.72. The third-order valence-corrected chi connectivity index (χ3v) is 3.46. The van der Waals surface area contributed by atoms with Crippen LogP contribution >= 0.6 is 0 Å². The van der Waals surface area contributed by atoms with Crippen LogP contribution in [0.4, 0.5) is 0 Å². The molecular formula is C11H16N4O2. The monoisotopic (exact) mass is 236 g/mol. The highest BCUT2D eigenvalue weighted by Crippen LogP contribution is 2.30. The van der Waals surface area contributed by atoms with Gasteiger partial charge in [-0.25, -0.2) is 4.68 Å². The SMILES string of the molecule is CCCC(=O)N1CC2[C@@H](C1)OCc1cnnn12. The Morgan fingerprint density at radius 1 is 1.59 bits per heavy atom. The van der Waals surface area contributed by atoms with Crippen molar-refractivity contribution in [3.63, 3.8) is 0 Å². The molecule has 6 nitrogen and oxygen atoms in total. The molecular weight excluding hydrogens is 220 g/mol. The molecule has 3 rings (SSSR count). The molecule has 2 atom stereocenters. The Bertz CT molecular complexity index is 431. The second-order valence-electron chi connectivity index (χ2n) is 4.64. The molecule has 0 radical (unpaired) electrons. The molecule has 1 saturated heterocycles. The number of nitrogens with zero attached hydrogens (tertiary/aromatic N) is 4. The first kappa shape index (κ1) is 10.7. The average Bonchev–Trinajstić information content (AvgIpc) is 2.94. The van der Waals surface area contributed by atoms with Crippen LogP contribution in [0.3, 0.4) is 0 Å². The lowest BCUT2D eigenvalue weighted by atomic mass is 10.2. The van der Waals surface area contributed by atoms with Gasteiger partial charge in [-0.3, -0.25) is 4.79 Å². The molecule has 2 aliphatic rings. The minimum atomic E-state index is 0.0741. The van der Waals surface area contributed by atoms with Crippen LogP contribution in [-0.4, -0.2) is 45.0 Å². The Kier molecular flexibility index (Phi) is 2.58. The zero-order chi connectivity index (χ0) is 11.8. The smallest absolute Gasteiger partial charge is 0.222 e. The molecule has 0 saturated carbocycles. The van der Waals surface area contributed by atoms with E-state index in [0.717, 1.165) is 12.1 Å². The van der Waals surface area contributed by atoms with E-state index in [-0.39, 0.29) is 18.1 Å². The third-order valence-electron chi connectivity index (χ3n) is 3.46. The molecule has 0 N–H and O–H groups in total. The number of hydrogen-bond acceptors (Lipinski definition) is 4. The summed E-state index contributed by atoms with van der Waals surface area (Å²) < 4.78 is 7.66. The van der Waals surface area contributed by atoms with Crippen molar-refractivity contribution < 1.29 is 9.53 Å². The highest BCUT2D eigenvalue weighted by atomic mass is 16.5. The standard InChI is InChI=1S/C11H16N4O2/c1-2-3-11(16)14-5-9-10(6-14)17-7-8-4-12-13-15(8)9/h4,9-10H,2-3,5-7H2,1H3/t9?,10-/m1/s1. The number of amides is 1. The Morgan fingerprint density at radius 3 is 3.29 bits per heavy atom. The van der Waals surface area contributed by atoms with E-state index in [2.05, 4.69) is 10.3 Å². The average molecular weight is 236 g/mol. The van der Waals surface area contributed by atoms with Gasteiger partial charge in [0.1, 0.15) is 0 Å². The number of carbonyl (C=O) groups excluding carboxylic acids is 1. The summed E-state index contributed by atoms with van der Waals surface area (Å²) in [7, 11) is 0. The van der Waals surface area contributed by atoms with Gasteiger partial charge in [-0.05, 0) is 6.42 Å². The molecule has 17 heavy (non-hydrogen) atoms. The second-order valence-corrected chi connectivity index (χ2v) is 4.64. The van der Waals surface area contributed by atoms with Crippen molar-refractivity contribution in [2.45, 2.75) is 38.5 Å². The van der Waals surface area contributed by atoms with Gasteiger partial charge in [0.05, 0.1) is 30.6 Å². The number of likely N-dealkylation sites (tertiary alicyclic amines) is 1. The van der Waals surface area contributed by atoms with E-state index in [4.69, 9.17) is 4.74 Å². The summed E-state index contributed by atoms with van der Waals surface area (Å²) in [5, 5.41) is 7.99. The van der Waals surface area contributed by atoms with E-state index in [1.54, 1.807) is 6.20 Å². The minimum absolute atomic E-state index is 0.0741. The molecule has 6 heteroatoms. The normalized spacial score (nSPS) is 26.8. The van der Waals surface area contributed by atoms with Crippen LogP contribution in [0, 0.1) is 0 Å². The number of ether oxygens (including phenoxy) is 1. The molecule has 1 fully saturated rings. The second kappa shape index (κ2) is 4.10. The first-order valence-corrected chi connectivity index (χ1v) is 6.08. The number of rotatable bonds is 2. The molecule has 0 bridgehead atoms. The fraction of sp³-hybridized carbons (Fsp3) is 0.727. The summed E-state index contributed by atoms with van der Waals surface area (Å²) in [5.74, 6) is 0.215. The van der Waals surface area contributed by atoms with Gasteiger partial charge in [0.2, 0.25) is 5.91 Å². The van der Waals surface area contributed by atoms with Crippen molar-refractivity contribution in [1.29, 1.82) is 0 Å². The first-order valence-electron chi connectivity index (χ1n) is 6.08. The van der Waals surface area contributed by atoms with Crippen LogP contribution in [0.2, 0.25) is 0 Å². The maximum Gasteiger partial charge on any atom is 0.222 e. The van der Waals surface area contributed by atoms with Crippen LogP contribution in [-0.2, 0) is 16.1 Å². The maximum atomic E-state index is 11.9. The van der Waals surface area contributed by atoms with Crippen LogP contribution in [0.5, 0.6) is 0 Å². The lowest BCUT2D eigenvalue weighted by molar-refractivity contribution is -0.130. The Morgan fingerprint density at radius 2 is 2.47 bits per heavy atom. The summed E-state index contributed by atoms with van der Waals surface area (Å²) in [6, 6.07) is 0.141. The molecule has 0 aromatic carbocycles. The Labute approximate surface area is 99.5 Å². The number of carbonyl (C=O) groups is 1. The molecule has 1 aromatic heterocycles. The fourth-order valence-electron chi connectivity index (χ4n) is 2.57. The topological polar surface area (TPSA) is 60.3 Å². The Hall–Kier alpha value is -1.43. The van der Waals surface area contributed by atoms with E-state index >= 15 is 0 Å². The molecule has 92 valence electrons. The van der Waals surface area contributed by atoms with Gasteiger partial charge in [-0.1, -0.05) is 12.1 Å². The van der Waals surface area contributed by atoms with Crippen molar-refractivity contribution in [3.8, 4) is 0 Å². The highest BCUT2D eigenvalue weighted by Gasteiger charge is 2.40. The predicted molar refractivity (Wildman–Crippen MR) is 59.1 cm³/mol.